The highest BCUT2D eigenvalue weighted by molar-refractivity contribution is 6.00. The van der Waals surface area contributed by atoms with E-state index in [9.17, 15) is 18.4 Å². The van der Waals surface area contributed by atoms with Crippen LogP contribution in [0.1, 0.15) is 6.42 Å². The van der Waals surface area contributed by atoms with Crippen molar-refractivity contribution in [3.8, 4) is 17.6 Å². The summed E-state index contributed by atoms with van der Waals surface area (Å²) in [5.74, 6) is 2.99. The van der Waals surface area contributed by atoms with Crippen LogP contribution in [0.2, 0.25) is 0 Å². The number of halogens is 2. The van der Waals surface area contributed by atoms with Gasteiger partial charge in [0.1, 0.15) is 12.4 Å². The molecule has 7 heteroatoms. The summed E-state index contributed by atoms with van der Waals surface area (Å²) in [6.45, 7) is 0.321. The number of amides is 2. The number of carbonyl (C=O) groups is 2. The summed E-state index contributed by atoms with van der Waals surface area (Å²) in [5, 5.41) is 2.66. The van der Waals surface area contributed by atoms with E-state index < -0.39 is 17.6 Å². The maximum absolute atomic E-state index is 13.4. The highest BCUT2D eigenvalue weighted by atomic mass is 19.1. The van der Waals surface area contributed by atoms with Gasteiger partial charge in [-0.05, 0) is 24.3 Å². The van der Waals surface area contributed by atoms with Crippen molar-refractivity contribution in [1.82, 2.24) is 5.32 Å². The van der Waals surface area contributed by atoms with Gasteiger partial charge in [-0.15, -0.1) is 0 Å². The van der Waals surface area contributed by atoms with Crippen molar-refractivity contribution in [3.05, 3.63) is 60.2 Å². The Bertz CT molecular complexity index is 922. The predicted molar refractivity (Wildman–Crippen MR) is 99.5 cm³/mol. The molecule has 0 spiro atoms. The lowest BCUT2D eigenvalue weighted by atomic mass is 10.1. The van der Waals surface area contributed by atoms with Crippen LogP contribution in [-0.2, 0) is 9.59 Å². The zero-order chi connectivity index (χ0) is 19.9. The molecule has 0 aliphatic carbocycles. The Kier molecular flexibility index (Phi) is 6.22. The minimum atomic E-state index is -0.802. The third-order valence-electron chi connectivity index (χ3n) is 4.23. The van der Waals surface area contributed by atoms with Crippen LogP contribution in [0.4, 0.5) is 14.5 Å². The fraction of sp³-hybridized carbons (Fsp3) is 0.238. The highest BCUT2D eigenvalue weighted by Gasteiger charge is 2.34. The first-order valence-electron chi connectivity index (χ1n) is 8.71. The fourth-order valence-electron chi connectivity index (χ4n) is 2.84. The summed E-state index contributed by atoms with van der Waals surface area (Å²) in [7, 11) is 0. The minimum Gasteiger partial charge on any atom is -0.478 e. The molecule has 2 aromatic rings. The summed E-state index contributed by atoms with van der Waals surface area (Å²) < 4.78 is 31.3. The van der Waals surface area contributed by atoms with Gasteiger partial charge in [-0.2, -0.15) is 0 Å². The number of rotatable bonds is 5. The zero-order valence-corrected chi connectivity index (χ0v) is 15.0. The molecule has 1 saturated heterocycles. The quantitative estimate of drug-likeness (QED) is 0.806. The average Bonchev–Trinajstić information content (AvgIpc) is 3.08. The van der Waals surface area contributed by atoms with Gasteiger partial charge >= 0.3 is 0 Å². The number of para-hydroxylation sites is 1. The first-order chi connectivity index (χ1) is 13.5. The second-order valence-corrected chi connectivity index (χ2v) is 6.18. The summed E-state index contributed by atoms with van der Waals surface area (Å²) in [4.78, 5) is 26.0. The Labute approximate surface area is 161 Å². The molecule has 144 valence electrons. The van der Waals surface area contributed by atoms with Gasteiger partial charge in [-0.25, -0.2) is 8.78 Å². The van der Waals surface area contributed by atoms with Gasteiger partial charge in [0.15, 0.2) is 11.6 Å². The lowest BCUT2D eigenvalue weighted by Crippen LogP contribution is -2.33. The lowest BCUT2D eigenvalue weighted by molar-refractivity contribution is -0.126. The third-order valence-corrected chi connectivity index (χ3v) is 4.23. The van der Waals surface area contributed by atoms with Crippen LogP contribution in [0.3, 0.4) is 0 Å². The number of ether oxygens (including phenoxy) is 1. The summed E-state index contributed by atoms with van der Waals surface area (Å²) in [6, 6.07) is 12.2. The molecule has 0 bridgehead atoms. The molecule has 1 unspecified atom stereocenters. The molecule has 2 aromatic carbocycles. The standard InChI is InChI=1S/C21H18F2N2O3/c22-16-8-9-19(18(23)13-16)28-11-5-4-10-24-21(27)15-12-20(26)25(14-15)17-6-2-1-3-7-17/h1-3,6-9,13,15H,10-12,14H2,(H,24,27). The average molecular weight is 384 g/mol. The zero-order valence-electron chi connectivity index (χ0n) is 15.0. The number of nitrogens with zero attached hydrogens (tertiary/aromatic N) is 1. The second kappa shape index (κ2) is 9.00. The second-order valence-electron chi connectivity index (χ2n) is 6.18. The molecular weight excluding hydrogens is 366 g/mol. The fourth-order valence-corrected chi connectivity index (χ4v) is 2.84. The number of hydrogen-bond acceptors (Lipinski definition) is 3. The van der Waals surface area contributed by atoms with E-state index in [0.717, 1.165) is 17.8 Å². The van der Waals surface area contributed by atoms with Crippen molar-refractivity contribution in [3.63, 3.8) is 0 Å². The molecule has 2 amide bonds. The molecule has 1 fully saturated rings. The van der Waals surface area contributed by atoms with Crippen LogP contribution in [0.15, 0.2) is 48.5 Å². The largest absolute Gasteiger partial charge is 0.478 e. The SMILES string of the molecule is O=C(NCC#CCOc1ccc(F)cc1F)C1CC(=O)N(c2ccccc2)C1. The highest BCUT2D eigenvalue weighted by Crippen LogP contribution is 2.24. The smallest absolute Gasteiger partial charge is 0.227 e. The Balaban J connectivity index is 1.43. The van der Waals surface area contributed by atoms with Crippen LogP contribution in [0.5, 0.6) is 5.75 Å². The van der Waals surface area contributed by atoms with E-state index in [1.807, 2.05) is 30.3 Å². The van der Waals surface area contributed by atoms with Crippen LogP contribution in [0.25, 0.3) is 0 Å². The maximum Gasteiger partial charge on any atom is 0.227 e. The molecule has 3 rings (SSSR count). The van der Waals surface area contributed by atoms with Gasteiger partial charge < -0.3 is 15.0 Å². The molecule has 0 saturated carbocycles. The normalized spacial score (nSPS) is 15.7. The van der Waals surface area contributed by atoms with E-state index in [2.05, 4.69) is 17.2 Å². The van der Waals surface area contributed by atoms with E-state index in [0.29, 0.717) is 6.54 Å². The van der Waals surface area contributed by atoms with E-state index in [4.69, 9.17) is 4.74 Å². The molecule has 0 radical (unpaired) electrons. The van der Waals surface area contributed by atoms with Gasteiger partial charge in [0, 0.05) is 24.7 Å². The predicted octanol–water partition coefficient (Wildman–Crippen LogP) is 2.52. The summed E-state index contributed by atoms with van der Waals surface area (Å²) in [6.07, 6.45) is 0.154. The number of carbonyl (C=O) groups excluding carboxylic acids is 2. The van der Waals surface area contributed by atoms with Crippen LogP contribution < -0.4 is 15.0 Å². The van der Waals surface area contributed by atoms with Gasteiger partial charge in [0.2, 0.25) is 11.8 Å². The van der Waals surface area contributed by atoms with Crippen molar-refractivity contribution >= 4 is 17.5 Å². The lowest BCUT2D eigenvalue weighted by Gasteiger charge is -2.16. The monoisotopic (exact) mass is 384 g/mol. The van der Waals surface area contributed by atoms with Crippen molar-refractivity contribution in [1.29, 1.82) is 0 Å². The number of hydrogen-bond donors (Lipinski definition) is 1. The number of anilines is 1. The molecule has 1 aliphatic heterocycles. The molecule has 0 aromatic heterocycles. The molecule has 1 heterocycles. The molecule has 1 N–H and O–H groups in total. The first kappa shape index (κ1) is 19.4. The Hall–Kier alpha value is -3.40. The van der Waals surface area contributed by atoms with Crippen LogP contribution >= 0.6 is 0 Å². The van der Waals surface area contributed by atoms with E-state index in [-0.39, 0.29) is 37.1 Å². The molecule has 1 atom stereocenters. The third kappa shape index (κ3) is 4.86. The van der Waals surface area contributed by atoms with E-state index >= 15 is 0 Å². The van der Waals surface area contributed by atoms with Gasteiger partial charge in [-0.3, -0.25) is 9.59 Å². The molecular formula is C21H18F2N2O3. The van der Waals surface area contributed by atoms with E-state index in [1.165, 1.54) is 6.07 Å². The van der Waals surface area contributed by atoms with Crippen molar-refractivity contribution in [2.45, 2.75) is 6.42 Å². The van der Waals surface area contributed by atoms with Gasteiger partial charge in [-0.1, -0.05) is 30.0 Å². The number of benzene rings is 2. The van der Waals surface area contributed by atoms with Gasteiger partial charge in [0.25, 0.3) is 0 Å². The molecule has 5 nitrogen and oxygen atoms in total. The summed E-state index contributed by atoms with van der Waals surface area (Å²) >= 11 is 0. The van der Waals surface area contributed by atoms with Crippen molar-refractivity contribution in [2.75, 3.05) is 24.6 Å². The number of nitrogens with one attached hydrogen (secondary N) is 1. The van der Waals surface area contributed by atoms with E-state index in [1.54, 1.807) is 4.90 Å². The molecule has 28 heavy (non-hydrogen) atoms. The summed E-state index contributed by atoms with van der Waals surface area (Å²) in [5.41, 5.74) is 0.771. The van der Waals surface area contributed by atoms with Gasteiger partial charge in [0.05, 0.1) is 12.5 Å². The van der Waals surface area contributed by atoms with Crippen molar-refractivity contribution < 1.29 is 23.1 Å². The Morgan fingerprint density at radius 2 is 1.96 bits per heavy atom. The molecule has 1 aliphatic rings. The Morgan fingerprint density at radius 3 is 2.71 bits per heavy atom. The van der Waals surface area contributed by atoms with Crippen LogP contribution in [0, 0.1) is 29.4 Å². The topological polar surface area (TPSA) is 58.6 Å². The van der Waals surface area contributed by atoms with Crippen LogP contribution in [-0.4, -0.2) is 31.5 Å². The Morgan fingerprint density at radius 1 is 1.18 bits per heavy atom. The maximum atomic E-state index is 13.4. The minimum absolute atomic E-state index is 0.0874. The van der Waals surface area contributed by atoms with Crippen molar-refractivity contribution in [2.24, 2.45) is 5.92 Å². The first-order valence-corrected chi connectivity index (χ1v) is 8.71.